The van der Waals surface area contributed by atoms with Crippen LogP contribution < -0.4 is 0 Å². The largest absolute Gasteiger partial charge is 0.462 e. The molecule has 0 spiro atoms. The summed E-state index contributed by atoms with van der Waals surface area (Å²) < 4.78 is 50.9. The summed E-state index contributed by atoms with van der Waals surface area (Å²) in [5, 5.41) is 0. The second-order valence-electron chi connectivity index (χ2n) is 7.20. The summed E-state index contributed by atoms with van der Waals surface area (Å²) in [6, 6.07) is 7.24. The number of esters is 2. The van der Waals surface area contributed by atoms with Crippen molar-refractivity contribution in [3.63, 3.8) is 0 Å². The molecule has 0 saturated carbocycles. The van der Waals surface area contributed by atoms with Gasteiger partial charge >= 0.3 is 11.9 Å². The molecule has 0 N–H and O–H groups in total. The van der Waals surface area contributed by atoms with Crippen LogP contribution >= 0.6 is 0 Å². The maximum Gasteiger partial charge on any atom is 0.339 e. The molecule has 168 valence electrons. The number of benzene rings is 2. The predicted molar refractivity (Wildman–Crippen MR) is 110 cm³/mol. The van der Waals surface area contributed by atoms with Gasteiger partial charge in [0.15, 0.2) is 11.6 Å². The zero-order valence-electron chi connectivity index (χ0n) is 17.6. The van der Waals surface area contributed by atoms with Gasteiger partial charge in [-0.2, -0.15) is 0 Å². The summed E-state index contributed by atoms with van der Waals surface area (Å²) in [4.78, 5) is 24.8. The van der Waals surface area contributed by atoms with Crippen LogP contribution in [-0.2, 0) is 16.1 Å². The Balaban J connectivity index is 1.90. The minimum atomic E-state index is -1.42. The van der Waals surface area contributed by atoms with Gasteiger partial charge in [-0.25, -0.2) is 22.8 Å². The first-order valence-corrected chi connectivity index (χ1v) is 10.5. The molecule has 0 unspecified atom stereocenters. The van der Waals surface area contributed by atoms with Crippen LogP contribution in [0.3, 0.4) is 0 Å². The zero-order valence-corrected chi connectivity index (χ0v) is 17.6. The van der Waals surface area contributed by atoms with Crippen molar-refractivity contribution in [1.82, 2.24) is 0 Å². The fourth-order valence-electron chi connectivity index (χ4n) is 3.06. The van der Waals surface area contributed by atoms with E-state index >= 15 is 0 Å². The average Bonchev–Trinajstić information content (AvgIpc) is 2.78. The van der Waals surface area contributed by atoms with E-state index < -0.39 is 41.6 Å². The molecular weight excluding hydrogens is 409 g/mol. The molecule has 7 heteroatoms. The van der Waals surface area contributed by atoms with Gasteiger partial charge in [0.05, 0.1) is 23.3 Å². The topological polar surface area (TPSA) is 52.6 Å². The standard InChI is InChI=1S/C24H27F3O4/c1-2-3-4-5-6-7-10-15-30-23(28)17-11-8-9-12-18(17)24(29)31-16-19-20(25)13-14-21(26)22(19)27/h8-9,11-14H,2-7,10,15-16H2,1H3. The van der Waals surface area contributed by atoms with Crippen molar-refractivity contribution in [2.75, 3.05) is 6.61 Å². The molecule has 0 aromatic heterocycles. The van der Waals surface area contributed by atoms with Crippen LogP contribution in [0, 0.1) is 17.5 Å². The van der Waals surface area contributed by atoms with Crippen molar-refractivity contribution in [3.05, 3.63) is 70.5 Å². The normalized spacial score (nSPS) is 10.7. The quantitative estimate of drug-likeness (QED) is 0.220. The van der Waals surface area contributed by atoms with Gasteiger partial charge < -0.3 is 9.47 Å². The Labute approximate surface area is 180 Å². The number of hydrogen-bond acceptors (Lipinski definition) is 4. The molecule has 0 radical (unpaired) electrons. The second kappa shape index (κ2) is 12.8. The highest BCUT2D eigenvalue weighted by molar-refractivity contribution is 6.03. The van der Waals surface area contributed by atoms with Gasteiger partial charge in [0.1, 0.15) is 12.4 Å². The number of carbonyl (C=O) groups is 2. The second-order valence-corrected chi connectivity index (χ2v) is 7.20. The van der Waals surface area contributed by atoms with E-state index in [0.717, 1.165) is 31.7 Å². The molecule has 0 heterocycles. The van der Waals surface area contributed by atoms with E-state index in [1.165, 1.54) is 37.5 Å². The Morgan fingerprint density at radius 3 is 1.94 bits per heavy atom. The monoisotopic (exact) mass is 436 g/mol. The van der Waals surface area contributed by atoms with E-state index in [-0.39, 0.29) is 17.7 Å². The zero-order chi connectivity index (χ0) is 22.6. The maximum absolute atomic E-state index is 13.7. The number of ether oxygens (including phenoxy) is 2. The number of rotatable bonds is 12. The van der Waals surface area contributed by atoms with Crippen molar-refractivity contribution in [1.29, 1.82) is 0 Å². The fraction of sp³-hybridized carbons (Fsp3) is 0.417. The van der Waals surface area contributed by atoms with Gasteiger partial charge in [0.25, 0.3) is 0 Å². The van der Waals surface area contributed by atoms with E-state index in [1.807, 2.05) is 0 Å². The molecule has 0 amide bonds. The van der Waals surface area contributed by atoms with Crippen LogP contribution in [0.1, 0.15) is 78.1 Å². The summed E-state index contributed by atoms with van der Waals surface area (Å²) in [5.74, 6) is -5.35. The maximum atomic E-state index is 13.7. The molecule has 0 aliphatic heterocycles. The Morgan fingerprint density at radius 2 is 1.29 bits per heavy atom. The van der Waals surface area contributed by atoms with Gasteiger partial charge in [0.2, 0.25) is 0 Å². The molecule has 2 aromatic carbocycles. The summed E-state index contributed by atoms with van der Waals surface area (Å²) in [7, 11) is 0. The lowest BCUT2D eigenvalue weighted by molar-refractivity contribution is 0.0430. The Hall–Kier alpha value is -2.83. The highest BCUT2D eigenvalue weighted by atomic mass is 19.2. The molecule has 0 saturated heterocycles. The Kier molecular flexibility index (Phi) is 10.1. The summed E-state index contributed by atoms with van der Waals surface area (Å²) in [6.07, 6.45) is 7.52. The lowest BCUT2D eigenvalue weighted by Crippen LogP contribution is -2.15. The van der Waals surface area contributed by atoms with E-state index in [9.17, 15) is 22.8 Å². The first-order chi connectivity index (χ1) is 15.0. The highest BCUT2D eigenvalue weighted by Gasteiger charge is 2.21. The van der Waals surface area contributed by atoms with Crippen molar-refractivity contribution in [2.45, 2.75) is 58.5 Å². The number of halogens is 3. The summed E-state index contributed by atoms with van der Waals surface area (Å²) in [5.41, 5.74) is -0.799. The Morgan fingerprint density at radius 1 is 0.742 bits per heavy atom. The molecular formula is C24H27F3O4. The van der Waals surface area contributed by atoms with Gasteiger partial charge in [-0.3, -0.25) is 0 Å². The first-order valence-electron chi connectivity index (χ1n) is 10.5. The third-order valence-electron chi connectivity index (χ3n) is 4.83. The third-order valence-corrected chi connectivity index (χ3v) is 4.83. The van der Waals surface area contributed by atoms with Crippen LogP contribution in [0.2, 0.25) is 0 Å². The van der Waals surface area contributed by atoms with Crippen LogP contribution in [-0.4, -0.2) is 18.5 Å². The van der Waals surface area contributed by atoms with Gasteiger partial charge in [-0.15, -0.1) is 0 Å². The van der Waals surface area contributed by atoms with E-state index in [4.69, 9.17) is 9.47 Å². The lowest BCUT2D eigenvalue weighted by Gasteiger charge is -2.11. The third kappa shape index (κ3) is 7.42. The van der Waals surface area contributed by atoms with Gasteiger partial charge in [-0.05, 0) is 30.7 Å². The van der Waals surface area contributed by atoms with Crippen LogP contribution in [0.15, 0.2) is 36.4 Å². The SMILES string of the molecule is CCCCCCCCCOC(=O)c1ccccc1C(=O)OCc1c(F)ccc(F)c1F. The molecule has 0 bridgehead atoms. The van der Waals surface area contributed by atoms with E-state index in [1.54, 1.807) is 6.07 Å². The molecule has 2 rings (SSSR count). The van der Waals surface area contributed by atoms with E-state index in [2.05, 4.69) is 6.92 Å². The molecule has 2 aromatic rings. The van der Waals surface area contributed by atoms with Crippen molar-refractivity contribution >= 4 is 11.9 Å². The number of carbonyl (C=O) groups excluding carboxylic acids is 2. The van der Waals surface area contributed by atoms with Crippen LogP contribution in [0.4, 0.5) is 13.2 Å². The summed E-state index contributed by atoms with van der Waals surface area (Å²) in [6.45, 7) is 1.58. The van der Waals surface area contributed by atoms with Crippen molar-refractivity contribution < 1.29 is 32.2 Å². The summed E-state index contributed by atoms with van der Waals surface area (Å²) >= 11 is 0. The molecule has 0 atom stereocenters. The van der Waals surface area contributed by atoms with Gasteiger partial charge in [0, 0.05) is 0 Å². The lowest BCUT2D eigenvalue weighted by atomic mass is 10.1. The molecule has 0 aliphatic rings. The van der Waals surface area contributed by atoms with Crippen molar-refractivity contribution in [3.8, 4) is 0 Å². The molecule has 31 heavy (non-hydrogen) atoms. The number of hydrogen-bond donors (Lipinski definition) is 0. The van der Waals surface area contributed by atoms with Crippen LogP contribution in [0.25, 0.3) is 0 Å². The fourth-order valence-corrected chi connectivity index (χ4v) is 3.06. The molecule has 4 nitrogen and oxygen atoms in total. The predicted octanol–water partition coefficient (Wildman–Crippen LogP) is 6.37. The number of unbranched alkanes of at least 4 members (excludes halogenated alkanes) is 6. The molecule has 0 aliphatic carbocycles. The smallest absolute Gasteiger partial charge is 0.339 e. The average molecular weight is 436 g/mol. The van der Waals surface area contributed by atoms with Crippen molar-refractivity contribution in [2.24, 2.45) is 0 Å². The minimum absolute atomic E-state index is 0.00404. The van der Waals surface area contributed by atoms with Crippen LogP contribution in [0.5, 0.6) is 0 Å². The minimum Gasteiger partial charge on any atom is -0.462 e. The first kappa shape index (κ1) is 24.4. The van der Waals surface area contributed by atoms with Gasteiger partial charge in [-0.1, -0.05) is 57.6 Å². The van der Waals surface area contributed by atoms with E-state index in [0.29, 0.717) is 6.07 Å². The molecule has 0 fully saturated rings. The highest BCUT2D eigenvalue weighted by Crippen LogP contribution is 2.19. The Bertz CT molecular complexity index is 883.